The number of hydrogen-bond acceptors (Lipinski definition) is 0. The zero-order chi connectivity index (χ0) is 21.8. The minimum absolute atomic E-state index is 0. The SMILES string of the molecule is CC(=C1C=CC(C(C)(CC(C)(C)[CH-]B(P)I)c2ccccc2)=C[CH-]1)c1ccccc1.[Li+]. The van der Waals surface area contributed by atoms with Gasteiger partial charge in [-0.3, -0.25) is 0 Å². The smallest absolute Gasteiger partial charge is 0.329 e. The molecular weight excluding hydrogens is 500 g/mol. The number of hydrogen-bond donors (Lipinski definition) is 0. The second-order valence-electron chi connectivity index (χ2n) is 9.04. The third-order valence-electron chi connectivity index (χ3n) is 5.99. The molecule has 0 saturated carbocycles. The van der Waals surface area contributed by atoms with Crippen molar-refractivity contribution in [3.63, 3.8) is 0 Å². The summed E-state index contributed by atoms with van der Waals surface area (Å²) in [4.78, 5) is 0. The topological polar surface area (TPSA) is 0 Å². The molecule has 0 fully saturated rings. The van der Waals surface area contributed by atoms with Gasteiger partial charge < -0.3 is 6.32 Å². The molecule has 0 aromatic heterocycles. The van der Waals surface area contributed by atoms with E-state index in [-0.39, 0.29) is 29.7 Å². The molecule has 1 aliphatic rings. The van der Waals surface area contributed by atoms with Gasteiger partial charge in [0, 0.05) is 0 Å². The molecule has 2 atom stereocenters. The zero-order valence-electron chi connectivity index (χ0n) is 19.4. The molecular formula is C27H31BILiP-. The number of rotatable bonds is 7. The number of benzene rings is 2. The van der Waals surface area contributed by atoms with Crippen molar-refractivity contribution < 1.29 is 18.9 Å². The molecule has 156 valence electrons. The van der Waals surface area contributed by atoms with Gasteiger partial charge in [-0.25, -0.2) is 0 Å². The normalized spacial score (nSPS) is 17.0. The van der Waals surface area contributed by atoms with E-state index in [1.807, 2.05) is 0 Å². The van der Waals surface area contributed by atoms with E-state index in [1.54, 1.807) is 0 Å². The van der Waals surface area contributed by atoms with E-state index in [2.05, 4.69) is 151 Å². The van der Waals surface area contributed by atoms with Crippen molar-refractivity contribution >= 4 is 41.4 Å². The van der Waals surface area contributed by atoms with Gasteiger partial charge >= 0.3 is 18.9 Å². The average molecular weight is 531 g/mol. The van der Waals surface area contributed by atoms with Crippen LogP contribution >= 0.6 is 31.5 Å². The summed E-state index contributed by atoms with van der Waals surface area (Å²) in [5.74, 6) is 0. The number of allylic oxidation sites excluding steroid dienone is 6. The minimum Gasteiger partial charge on any atom is -0.329 e. The summed E-state index contributed by atoms with van der Waals surface area (Å²) in [7, 11) is 2.90. The molecule has 0 bridgehead atoms. The van der Waals surface area contributed by atoms with Crippen LogP contribution < -0.4 is 18.9 Å². The van der Waals surface area contributed by atoms with Crippen LogP contribution in [0.5, 0.6) is 0 Å². The predicted octanol–water partition coefficient (Wildman–Crippen LogP) is 5.08. The quantitative estimate of drug-likeness (QED) is 0.203. The van der Waals surface area contributed by atoms with E-state index >= 15 is 0 Å². The van der Waals surface area contributed by atoms with E-state index in [0.717, 1.165) is 6.42 Å². The Labute approximate surface area is 217 Å². The summed E-state index contributed by atoms with van der Waals surface area (Å²) in [5, 5.41) is 0. The van der Waals surface area contributed by atoms with Gasteiger partial charge in [-0.1, -0.05) is 100 Å². The Kier molecular flexibility index (Phi) is 9.84. The van der Waals surface area contributed by atoms with Gasteiger partial charge in [0.1, 0.15) is 0 Å². The Morgan fingerprint density at radius 3 is 2.10 bits per heavy atom. The molecule has 0 amide bonds. The predicted molar refractivity (Wildman–Crippen MR) is 147 cm³/mol. The molecule has 3 rings (SSSR count). The largest absolute Gasteiger partial charge is 1.00 e. The van der Waals surface area contributed by atoms with Gasteiger partial charge in [0.25, 0.3) is 0 Å². The molecule has 0 heterocycles. The molecule has 2 unspecified atom stereocenters. The fourth-order valence-corrected chi connectivity index (χ4v) is 6.02. The van der Waals surface area contributed by atoms with Crippen LogP contribution in [0.25, 0.3) is 5.57 Å². The summed E-state index contributed by atoms with van der Waals surface area (Å²) in [6.07, 6.45) is 12.7. The first-order valence-corrected chi connectivity index (χ1v) is 12.4. The molecule has 0 radical (unpaired) electrons. The molecule has 0 saturated heterocycles. The van der Waals surface area contributed by atoms with Crippen molar-refractivity contribution in [2.45, 2.75) is 39.5 Å². The summed E-state index contributed by atoms with van der Waals surface area (Å²) in [6.45, 7) is 9.31. The fourth-order valence-electron chi connectivity index (χ4n) is 4.52. The van der Waals surface area contributed by atoms with Crippen molar-refractivity contribution in [2.75, 3.05) is 0 Å². The first-order chi connectivity index (χ1) is 14.2. The Morgan fingerprint density at radius 2 is 1.58 bits per heavy atom. The summed E-state index contributed by atoms with van der Waals surface area (Å²) < 4.78 is 0.461. The van der Waals surface area contributed by atoms with Gasteiger partial charge in [0.05, 0.1) is 4.29 Å². The Bertz CT molecular complexity index is 948. The zero-order valence-corrected chi connectivity index (χ0v) is 22.7. The van der Waals surface area contributed by atoms with E-state index < -0.39 is 0 Å². The monoisotopic (exact) mass is 531 g/mol. The van der Waals surface area contributed by atoms with E-state index in [4.69, 9.17) is 0 Å². The van der Waals surface area contributed by atoms with E-state index in [0.29, 0.717) is 4.29 Å². The third-order valence-corrected chi connectivity index (χ3v) is 6.54. The minimum atomic E-state index is -0.0589. The van der Waals surface area contributed by atoms with E-state index in [1.165, 1.54) is 27.8 Å². The molecule has 0 spiro atoms. The van der Waals surface area contributed by atoms with Gasteiger partial charge in [0.2, 0.25) is 0 Å². The molecule has 0 N–H and O–H groups in total. The van der Waals surface area contributed by atoms with Gasteiger partial charge in [-0.15, -0.1) is 41.4 Å². The second kappa shape index (κ2) is 11.5. The Morgan fingerprint density at radius 1 is 1.00 bits per heavy atom. The van der Waals surface area contributed by atoms with Crippen LogP contribution in [0.3, 0.4) is 0 Å². The van der Waals surface area contributed by atoms with Crippen LogP contribution in [-0.4, -0.2) is 4.29 Å². The van der Waals surface area contributed by atoms with Gasteiger partial charge in [-0.05, 0) is 11.0 Å². The van der Waals surface area contributed by atoms with Crippen molar-refractivity contribution in [1.29, 1.82) is 0 Å². The van der Waals surface area contributed by atoms with Crippen LogP contribution in [0, 0.1) is 18.2 Å². The first-order valence-electron chi connectivity index (χ1n) is 10.5. The number of halogens is 1. The van der Waals surface area contributed by atoms with Crippen molar-refractivity contribution in [2.24, 2.45) is 5.41 Å². The molecule has 1 aliphatic carbocycles. The first kappa shape index (κ1) is 26.6. The maximum atomic E-state index is 2.90. The maximum absolute atomic E-state index is 2.90. The summed E-state index contributed by atoms with van der Waals surface area (Å²) in [5.41, 5.74) is 6.67. The van der Waals surface area contributed by atoms with Crippen LogP contribution in [0.4, 0.5) is 0 Å². The van der Waals surface area contributed by atoms with Crippen LogP contribution in [0.2, 0.25) is 0 Å². The van der Waals surface area contributed by atoms with Crippen LogP contribution in [0.1, 0.15) is 45.2 Å². The molecule has 4 heteroatoms. The van der Waals surface area contributed by atoms with Crippen LogP contribution in [-0.2, 0) is 5.41 Å². The van der Waals surface area contributed by atoms with Crippen LogP contribution in [0.15, 0.2) is 90.0 Å². The second-order valence-corrected chi connectivity index (χ2v) is 12.6. The van der Waals surface area contributed by atoms with Gasteiger partial charge in [-0.2, -0.15) is 36.9 Å². The Hall–Kier alpha value is -0.648. The van der Waals surface area contributed by atoms with Gasteiger partial charge in [0.15, 0.2) is 0 Å². The maximum Gasteiger partial charge on any atom is 1.00 e. The molecule has 0 nitrogen and oxygen atoms in total. The summed E-state index contributed by atoms with van der Waals surface area (Å²) in [6, 6.07) is 21.6. The molecule has 0 aliphatic heterocycles. The average Bonchev–Trinajstić information content (AvgIpc) is 2.73. The van der Waals surface area contributed by atoms with E-state index in [9.17, 15) is 0 Å². The molecule has 2 aromatic rings. The fraction of sp³-hybridized carbons (Fsp3) is 0.259. The summed E-state index contributed by atoms with van der Waals surface area (Å²) >= 11 is 2.47. The Balaban J connectivity index is 0.00000341. The van der Waals surface area contributed by atoms with Crippen molar-refractivity contribution in [3.8, 4) is 0 Å². The third kappa shape index (κ3) is 6.92. The molecule has 31 heavy (non-hydrogen) atoms. The molecule has 2 aromatic carbocycles. The standard InChI is InChI=1S/C27H31BIP.Li/c1-21(22-11-7-5-8-12-22)23-15-17-25(18-16-23)27(4,24-13-9-6-10-14-24)19-26(2,3)20-28(29)30;/h5-18,20H,19,30H2,1-4H3;/q-2;+1. The van der Waals surface area contributed by atoms with Crippen molar-refractivity contribution in [3.05, 3.63) is 114 Å². The van der Waals surface area contributed by atoms with Crippen molar-refractivity contribution in [1.82, 2.24) is 0 Å².